The lowest BCUT2D eigenvalue weighted by Crippen LogP contribution is -2.38. The second-order valence-electron chi connectivity index (χ2n) is 15.5. The highest BCUT2D eigenvalue weighted by atomic mass is 16.5. The predicted octanol–water partition coefficient (Wildman–Crippen LogP) is 14.2. The lowest BCUT2D eigenvalue weighted by atomic mass is 9.75. The molecule has 0 N–H and O–H groups in total. The fourth-order valence-corrected chi connectivity index (χ4v) is 8.76. The molecule has 0 spiro atoms. The lowest BCUT2D eigenvalue weighted by Gasteiger charge is -2.42. The Kier molecular flexibility index (Phi) is 9.36. The summed E-state index contributed by atoms with van der Waals surface area (Å²) in [6, 6.07) is 82.3. The van der Waals surface area contributed by atoms with Crippen molar-refractivity contribution in [2.75, 3.05) is 0 Å². The molecular weight excluding hydrogens is 755 g/mol. The Balaban J connectivity index is 1.15. The van der Waals surface area contributed by atoms with Crippen LogP contribution in [0.2, 0.25) is 0 Å². The van der Waals surface area contributed by atoms with Gasteiger partial charge < -0.3 is 4.74 Å². The summed E-state index contributed by atoms with van der Waals surface area (Å²) in [5.41, 5.74) is 13.4. The van der Waals surface area contributed by atoms with E-state index in [1.807, 2.05) is 30.3 Å². The minimum Gasteiger partial charge on any atom is -0.472 e. The summed E-state index contributed by atoms with van der Waals surface area (Å²) >= 11 is 0. The van der Waals surface area contributed by atoms with Crippen molar-refractivity contribution in [1.29, 1.82) is 0 Å². The van der Waals surface area contributed by atoms with E-state index in [2.05, 4.69) is 206 Å². The predicted molar refractivity (Wildman–Crippen MR) is 251 cm³/mol. The highest BCUT2D eigenvalue weighted by molar-refractivity contribution is 5.87. The van der Waals surface area contributed by atoms with Crippen molar-refractivity contribution in [2.45, 2.75) is 5.60 Å². The minimum absolute atomic E-state index is 0.523. The van der Waals surface area contributed by atoms with Gasteiger partial charge in [-0.15, -0.1) is 0 Å². The van der Waals surface area contributed by atoms with Crippen LogP contribution in [0, 0.1) is 0 Å². The summed E-state index contributed by atoms with van der Waals surface area (Å²) < 4.78 is 7.61. The zero-order valence-corrected chi connectivity index (χ0v) is 33.8. The second kappa shape index (κ2) is 15.8. The van der Waals surface area contributed by atoms with Crippen molar-refractivity contribution in [2.24, 2.45) is 0 Å². The first kappa shape index (κ1) is 36.8. The Morgan fingerprint density at radius 3 is 1.23 bits per heavy atom. The van der Waals surface area contributed by atoms with E-state index >= 15 is 0 Å². The van der Waals surface area contributed by atoms with Gasteiger partial charge >= 0.3 is 0 Å². The molecule has 0 amide bonds. The number of fused-ring (bicyclic) bond motifs is 3. The quantitative estimate of drug-likeness (QED) is 0.154. The Morgan fingerprint density at radius 1 is 0.274 bits per heavy atom. The fraction of sp³-hybridized carbons (Fsp3) is 0.0172. The first-order chi connectivity index (χ1) is 30.7. The highest BCUT2D eigenvalue weighted by Gasteiger charge is 2.45. The second-order valence-corrected chi connectivity index (χ2v) is 15.5. The van der Waals surface area contributed by atoms with Crippen LogP contribution in [0.3, 0.4) is 0 Å². The molecule has 0 saturated heterocycles. The smallest absolute Gasteiger partial charge is 0.185 e. The molecule has 0 unspecified atom stereocenters. The van der Waals surface area contributed by atoms with Crippen molar-refractivity contribution in [3.05, 3.63) is 253 Å². The largest absolute Gasteiger partial charge is 0.472 e. The van der Waals surface area contributed by atoms with Crippen molar-refractivity contribution < 1.29 is 4.74 Å². The van der Waals surface area contributed by atoms with Crippen molar-refractivity contribution in [1.82, 2.24) is 15.0 Å². The Labute approximate surface area is 361 Å². The van der Waals surface area contributed by atoms with Crippen LogP contribution >= 0.6 is 0 Å². The van der Waals surface area contributed by atoms with Gasteiger partial charge in [0, 0.05) is 33.4 Å². The fourth-order valence-electron chi connectivity index (χ4n) is 8.76. The van der Waals surface area contributed by atoms with Crippen LogP contribution in [0.4, 0.5) is 0 Å². The first-order valence-electron chi connectivity index (χ1n) is 20.9. The average Bonchev–Trinajstić information content (AvgIpc) is 3.37. The van der Waals surface area contributed by atoms with E-state index < -0.39 is 5.60 Å². The van der Waals surface area contributed by atoms with Gasteiger partial charge in [0.25, 0.3) is 0 Å². The standard InChI is InChI=1S/C58H39N3O/c1-6-19-40(20-7-1)43-33-35-44(36-34-43)55-59-56(47-38-45(41-21-8-2-9-22-41)37-46(39-47)42-23-10-3-11-24-42)61-57(60-55)52-31-18-30-51-50-29-16-17-32-53(50)58(62-54(51)52,48-25-12-4-13-26-48)49-27-14-5-15-28-49/h1-39H. The molecule has 1 aliphatic heterocycles. The number of para-hydroxylation sites is 1. The lowest BCUT2D eigenvalue weighted by molar-refractivity contribution is 0.153. The van der Waals surface area contributed by atoms with E-state index in [-0.39, 0.29) is 0 Å². The van der Waals surface area contributed by atoms with E-state index in [4.69, 9.17) is 19.7 Å². The zero-order valence-electron chi connectivity index (χ0n) is 33.8. The van der Waals surface area contributed by atoms with E-state index in [9.17, 15) is 0 Å². The minimum atomic E-state index is -0.956. The van der Waals surface area contributed by atoms with Crippen LogP contribution in [-0.2, 0) is 5.60 Å². The van der Waals surface area contributed by atoms with Crippen LogP contribution in [0.1, 0.15) is 16.7 Å². The molecule has 0 fully saturated rings. The van der Waals surface area contributed by atoms with Gasteiger partial charge in [-0.2, -0.15) is 0 Å². The van der Waals surface area contributed by atoms with Crippen LogP contribution in [0.5, 0.6) is 5.75 Å². The summed E-state index contributed by atoms with van der Waals surface area (Å²) in [5.74, 6) is 2.37. The number of benzene rings is 9. The van der Waals surface area contributed by atoms with Gasteiger partial charge in [-0.25, -0.2) is 15.0 Å². The zero-order chi connectivity index (χ0) is 41.3. The highest BCUT2D eigenvalue weighted by Crippen LogP contribution is 2.54. The monoisotopic (exact) mass is 793 g/mol. The molecule has 1 aromatic heterocycles. The van der Waals surface area contributed by atoms with E-state index in [0.717, 1.165) is 77.9 Å². The Hall–Kier alpha value is -8.21. The molecule has 0 bridgehead atoms. The molecular formula is C58H39N3O. The number of hydrogen-bond acceptors (Lipinski definition) is 4. The molecule has 0 aliphatic carbocycles. The van der Waals surface area contributed by atoms with Gasteiger partial charge in [0.1, 0.15) is 5.75 Å². The number of hydrogen-bond donors (Lipinski definition) is 0. The summed E-state index contributed by atoms with van der Waals surface area (Å²) in [4.78, 5) is 16.0. The van der Waals surface area contributed by atoms with Gasteiger partial charge in [0.05, 0.1) is 5.56 Å². The van der Waals surface area contributed by atoms with Gasteiger partial charge in [0.2, 0.25) is 0 Å². The maximum atomic E-state index is 7.61. The van der Waals surface area contributed by atoms with Crippen LogP contribution in [0.15, 0.2) is 237 Å². The molecule has 0 radical (unpaired) electrons. The Morgan fingerprint density at radius 2 is 0.661 bits per heavy atom. The third-order valence-corrected chi connectivity index (χ3v) is 11.8. The van der Waals surface area contributed by atoms with Gasteiger partial charge in [-0.1, -0.05) is 212 Å². The van der Waals surface area contributed by atoms with Crippen LogP contribution in [0.25, 0.3) is 78.7 Å². The molecule has 0 saturated carbocycles. The van der Waals surface area contributed by atoms with E-state index in [1.54, 1.807) is 0 Å². The summed E-state index contributed by atoms with van der Waals surface area (Å²) in [6.07, 6.45) is 0. The topological polar surface area (TPSA) is 47.9 Å². The third kappa shape index (κ3) is 6.65. The van der Waals surface area contributed by atoms with Crippen molar-refractivity contribution in [3.8, 4) is 84.4 Å². The van der Waals surface area contributed by atoms with Crippen LogP contribution < -0.4 is 4.74 Å². The van der Waals surface area contributed by atoms with E-state index in [0.29, 0.717) is 23.2 Å². The molecule has 4 nitrogen and oxygen atoms in total. The van der Waals surface area contributed by atoms with Crippen molar-refractivity contribution >= 4 is 0 Å². The molecule has 0 atom stereocenters. The summed E-state index contributed by atoms with van der Waals surface area (Å²) in [5, 5.41) is 0. The number of rotatable bonds is 8. The van der Waals surface area contributed by atoms with Crippen LogP contribution in [-0.4, -0.2) is 15.0 Å². The normalized spacial score (nSPS) is 12.5. The SMILES string of the molecule is c1ccc(-c2ccc(-c3nc(-c4cc(-c5ccccc5)cc(-c5ccccc5)c4)nc(-c4cccc5c4OC(c4ccccc4)(c4ccccc4)c4ccccc4-5)n3)cc2)cc1. The molecule has 62 heavy (non-hydrogen) atoms. The molecule has 4 heteroatoms. The average molecular weight is 794 g/mol. The number of nitrogens with zero attached hydrogens (tertiary/aromatic N) is 3. The third-order valence-electron chi connectivity index (χ3n) is 11.8. The first-order valence-corrected chi connectivity index (χ1v) is 20.9. The van der Waals surface area contributed by atoms with E-state index in [1.165, 1.54) is 0 Å². The molecule has 11 rings (SSSR count). The number of ether oxygens (including phenoxy) is 1. The molecule has 2 heterocycles. The maximum Gasteiger partial charge on any atom is 0.185 e. The molecule has 10 aromatic rings. The van der Waals surface area contributed by atoms with Gasteiger partial charge in [-0.3, -0.25) is 0 Å². The molecule has 9 aromatic carbocycles. The summed E-state index contributed by atoms with van der Waals surface area (Å²) in [6.45, 7) is 0. The molecule has 292 valence electrons. The van der Waals surface area contributed by atoms with Gasteiger partial charge in [0.15, 0.2) is 23.1 Å². The molecule has 1 aliphatic rings. The van der Waals surface area contributed by atoms with Crippen molar-refractivity contribution in [3.63, 3.8) is 0 Å². The number of aromatic nitrogens is 3. The summed E-state index contributed by atoms with van der Waals surface area (Å²) in [7, 11) is 0. The van der Waals surface area contributed by atoms with Gasteiger partial charge in [-0.05, 0) is 63.2 Å². The maximum absolute atomic E-state index is 7.61. The Bertz CT molecular complexity index is 3080.